The van der Waals surface area contributed by atoms with Crippen molar-refractivity contribution in [1.29, 1.82) is 0 Å². The summed E-state index contributed by atoms with van der Waals surface area (Å²) in [5, 5.41) is 3.16. The van der Waals surface area contributed by atoms with Crippen LogP contribution in [-0.2, 0) is 6.54 Å². The minimum Gasteiger partial charge on any atom is -0.344 e. The van der Waals surface area contributed by atoms with Crippen LogP contribution in [0, 0.1) is 13.8 Å². The molecule has 0 fully saturated rings. The van der Waals surface area contributed by atoms with E-state index in [9.17, 15) is 4.79 Å². The van der Waals surface area contributed by atoms with Gasteiger partial charge in [-0.05, 0) is 37.5 Å². The lowest BCUT2D eigenvalue weighted by molar-refractivity contribution is 0.0929. The summed E-state index contributed by atoms with van der Waals surface area (Å²) in [6.07, 6.45) is 8.27. The number of nitrogens with one attached hydrogen (secondary N) is 1. The number of hydrogen-bond acceptors (Lipinski definition) is 3. The summed E-state index contributed by atoms with van der Waals surface area (Å²) in [5.41, 5.74) is 3.38. The summed E-state index contributed by atoms with van der Waals surface area (Å²) >= 11 is 0. The Labute approximate surface area is 163 Å². The first-order chi connectivity index (χ1) is 13.6. The fourth-order valence-corrected chi connectivity index (χ4v) is 3.36. The fourth-order valence-electron chi connectivity index (χ4n) is 3.36. The molecule has 1 aromatic carbocycles. The summed E-state index contributed by atoms with van der Waals surface area (Å²) in [7, 11) is 0. The highest BCUT2D eigenvalue weighted by molar-refractivity contribution is 5.93. The van der Waals surface area contributed by atoms with Crippen molar-refractivity contribution in [2.24, 2.45) is 0 Å². The van der Waals surface area contributed by atoms with Crippen LogP contribution in [0.2, 0.25) is 0 Å². The first-order valence-electron chi connectivity index (χ1n) is 9.39. The second kappa shape index (κ2) is 7.68. The number of pyridine rings is 1. The molecule has 1 atom stereocenters. The minimum atomic E-state index is -0.169. The highest BCUT2D eigenvalue weighted by atomic mass is 16.2. The van der Waals surface area contributed by atoms with Crippen LogP contribution in [0.5, 0.6) is 0 Å². The quantitative estimate of drug-likeness (QED) is 0.560. The van der Waals surface area contributed by atoms with Gasteiger partial charge >= 0.3 is 0 Å². The molecule has 6 heteroatoms. The predicted octanol–water partition coefficient (Wildman–Crippen LogP) is 3.71. The third kappa shape index (κ3) is 3.81. The Morgan fingerprint density at radius 3 is 2.68 bits per heavy atom. The van der Waals surface area contributed by atoms with E-state index >= 15 is 0 Å². The first-order valence-corrected chi connectivity index (χ1v) is 9.39. The topological polar surface area (TPSA) is 64.2 Å². The molecule has 3 aromatic heterocycles. The Morgan fingerprint density at radius 1 is 1.11 bits per heavy atom. The van der Waals surface area contributed by atoms with Crippen molar-refractivity contribution < 1.29 is 4.79 Å². The van der Waals surface area contributed by atoms with Crippen molar-refractivity contribution in [3.63, 3.8) is 0 Å². The van der Waals surface area contributed by atoms with Gasteiger partial charge in [-0.3, -0.25) is 4.79 Å². The highest BCUT2D eigenvalue weighted by Gasteiger charge is 2.18. The van der Waals surface area contributed by atoms with E-state index in [0.29, 0.717) is 5.69 Å². The van der Waals surface area contributed by atoms with Crippen LogP contribution >= 0.6 is 0 Å². The molecule has 0 spiro atoms. The van der Waals surface area contributed by atoms with Crippen LogP contribution in [0.25, 0.3) is 5.65 Å². The van der Waals surface area contributed by atoms with Gasteiger partial charge in [0.2, 0.25) is 0 Å². The molecule has 0 aliphatic rings. The fraction of sp³-hybridized carbons (Fsp3) is 0.227. The molecule has 3 heterocycles. The molecule has 6 nitrogen and oxygen atoms in total. The van der Waals surface area contributed by atoms with Gasteiger partial charge in [-0.15, -0.1) is 0 Å². The maximum atomic E-state index is 12.9. The van der Waals surface area contributed by atoms with Crippen LogP contribution in [-0.4, -0.2) is 24.8 Å². The zero-order valence-electron chi connectivity index (χ0n) is 16.0. The third-order valence-electron chi connectivity index (χ3n) is 4.92. The largest absolute Gasteiger partial charge is 0.344 e. The molecule has 28 heavy (non-hydrogen) atoms. The van der Waals surface area contributed by atoms with Gasteiger partial charge in [0.15, 0.2) is 0 Å². The summed E-state index contributed by atoms with van der Waals surface area (Å²) in [6, 6.07) is 13.8. The minimum absolute atomic E-state index is 0.109. The molecule has 0 saturated carbocycles. The number of aryl methyl sites for hydroxylation is 3. The number of hydrogen-bond donors (Lipinski definition) is 1. The predicted molar refractivity (Wildman–Crippen MR) is 108 cm³/mol. The van der Waals surface area contributed by atoms with Crippen molar-refractivity contribution >= 4 is 11.6 Å². The Morgan fingerprint density at radius 2 is 1.93 bits per heavy atom. The molecule has 0 aliphatic carbocycles. The summed E-state index contributed by atoms with van der Waals surface area (Å²) in [4.78, 5) is 21.6. The summed E-state index contributed by atoms with van der Waals surface area (Å²) in [6.45, 7) is 4.77. The highest BCUT2D eigenvalue weighted by Crippen LogP contribution is 2.19. The number of amides is 1. The Hall–Kier alpha value is -3.41. The number of benzene rings is 1. The van der Waals surface area contributed by atoms with Crippen LogP contribution in [0.1, 0.15) is 39.9 Å². The van der Waals surface area contributed by atoms with Gasteiger partial charge in [-0.2, -0.15) is 0 Å². The van der Waals surface area contributed by atoms with Gasteiger partial charge in [0.1, 0.15) is 17.2 Å². The van der Waals surface area contributed by atoms with E-state index in [-0.39, 0.29) is 11.9 Å². The molecule has 1 amide bonds. The Balaban J connectivity index is 1.55. The molecule has 0 bridgehead atoms. The number of aromatic nitrogens is 4. The van der Waals surface area contributed by atoms with Crippen molar-refractivity contribution in [3.8, 4) is 0 Å². The molecule has 0 saturated heterocycles. The van der Waals surface area contributed by atoms with E-state index in [4.69, 9.17) is 0 Å². The maximum absolute atomic E-state index is 12.9. The average Bonchev–Trinajstić information content (AvgIpc) is 3.31. The van der Waals surface area contributed by atoms with Crippen molar-refractivity contribution in [3.05, 3.63) is 89.9 Å². The molecule has 4 rings (SSSR count). The van der Waals surface area contributed by atoms with E-state index in [1.54, 1.807) is 12.4 Å². The third-order valence-corrected chi connectivity index (χ3v) is 4.92. The standard InChI is InChI=1S/C22H23N5O/c1-16-8-9-21-24-20(15-27(21)14-16)22(28)25-19(18-6-4-3-5-7-18)10-12-26-13-11-23-17(26)2/h3-9,11,13-15,19H,10,12H2,1-2H3,(H,25,28). The Bertz CT molecular complexity index is 1100. The number of nitrogens with zero attached hydrogens (tertiary/aromatic N) is 4. The van der Waals surface area contributed by atoms with Gasteiger partial charge in [-0.1, -0.05) is 36.4 Å². The van der Waals surface area contributed by atoms with E-state index in [1.807, 2.05) is 73.1 Å². The first kappa shape index (κ1) is 18.0. The van der Waals surface area contributed by atoms with Crippen LogP contribution in [0.3, 0.4) is 0 Å². The molecular weight excluding hydrogens is 350 g/mol. The SMILES string of the molecule is Cc1ccc2nc(C(=O)NC(CCn3ccnc3C)c3ccccc3)cn2c1. The zero-order chi connectivity index (χ0) is 19.5. The van der Waals surface area contributed by atoms with Gasteiger partial charge < -0.3 is 14.3 Å². The van der Waals surface area contributed by atoms with Gasteiger partial charge in [-0.25, -0.2) is 9.97 Å². The lowest BCUT2D eigenvalue weighted by atomic mass is 10.0. The normalized spacial score (nSPS) is 12.2. The smallest absolute Gasteiger partial charge is 0.271 e. The van der Waals surface area contributed by atoms with E-state index in [2.05, 4.69) is 19.9 Å². The van der Waals surface area contributed by atoms with Gasteiger partial charge in [0, 0.05) is 31.3 Å². The van der Waals surface area contributed by atoms with Gasteiger partial charge in [0.05, 0.1) is 6.04 Å². The van der Waals surface area contributed by atoms with Crippen LogP contribution < -0.4 is 5.32 Å². The second-order valence-corrected chi connectivity index (χ2v) is 6.99. The Kier molecular flexibility index (Phi) is 4.93. The van der Waals surface area contributed by atoms with E-state index in [0.717, 1.165) is 35.6 Å². The number of carbonyl (C=O) groups excluding carboxylic acids is 1. The second-order valence-electron chi connectivity index (χ2n) is 6.99. The number of fused-ring (bicyclic) bond motifs is 1. The van der Waals surface area contributed by atoms with Crippen LogP contribution in [0.15, 0.2) is 67.3 Å². The maximum Gasteiger partial charge on any atom is 0.271 e. The van der Waals surface area contributed by atoms with Crippen molar-refractivity contribution in [2.75, 3.05) is 0 Å². The lowest BCUT2D eigenvalue weighted by Gasteiger charge is -2.19. The van der Waals surface area contributed by atoms with E-state index < -0.39 is 0 Å². The number of imidazole rings is 2. The van der Waals surface area contributed by atoms with Crippen molar-refractivity contribution in [1.82, 2.24) is 24.3 Å². The number of rotatable bonds is 6. The molecule has 1 N–H and O–H groups in total. The molecule has 142 valence electrons. The summed E-state index contributed by atoms with van der Waals surface area (Å²) in [5.74, 6) is 0.798. The lowest BCUT2D eigenvalue weighted by Crippen LogP contribution is -2.29. The monoisotopic (exact) mass is 373 g/mol. The average molecular weight is 373 g/mol. The van der Waals surface area contributed by atoms with Gasteiger partial charge in [0.25, 0.3) is 5.91 Å². The molecule has 0 aliphatic heterocycles. The number of carbonyl (C=O) groups is 1. The van der Waals surface area contributed by atoms with E-state index in [1.165, 1.54) is 0 Å². The molecular formula is C22H23N5O. The molecule has 4 aromatic rings. The van der Waals surface area contributed by atoms with Crippen LogP contribution in [0.4, 0.5) is 0 Å². The molecule has 1 unspecified atom stereocenters. The summed E-state index contributed by atoms with van der Waals surface area (Å²) < 4.78 is 3.98. The zero-order valence-corrected chi connectivity index (χ0v) is 16.0. The molecule has 0 radical (unpaired) electrons. The van der Waals surface area contributed by atoms with Crippen molar-refractivity contribution in [2.45, 2.75) is 32.9 Å².